The van der Waals surface area contributed by atoms with Crippen molar-refractivity contribution in [3.63, 3.8) is 0 Å². The van der Waals surface area contributed by atoms with E-state index in [1.54, 1.807) is 61.5 Å². The van der Waals surface area contributed by atoms with Gasteiger partial charge in [-0.2, -0.15) is 33.7 Å². The van der Waals surface area contributed by atoms with Crippen LogP contribution in [0.25, 0.3) is 0 Å². The largest absolute Gasteiger partial charge is 0.464 e. The van der Waals surface area contributed by atoms with E-state index >= 15 is 0 Å². The Morgan fingerprint density at radius 2 is 0.674 bits per heavy atom. The minimum Gasteiger partial charge on any atom is -0.464 e. The van der Waals surface area contributed by atoms with Gasteiger partial charge in [0.2, 0.25) is 20.2 Å². The van der Waals surface area contributed by atoms with E-state index in [4.69, 9.17) is 18.9 Å². The highest BCUT2D eigenvalue weighted by Gasteiger charge is 2.39. The van der Waals surface area contributed by atoms with E-state index in [0.717, 1.165) is 28.4 Å². The van der Waals surface area contributed by atoms with E-state index < -0.39 is 181 Å². The summed E-state index contributed by atoms with van der Waals surface area (Å²) in [6.07, 6.45) is 1.40. The van der Waals surface area contributed by atoms with E-state index in [2.05, 4.69) is 63.3 Å². The summed E-state index contributed by atoms with van der Waals surface area (Å²) in [7, 11) is -14.6. The molecule has 92 heavy (non-hydrogen) atoms. The fourth-order valence-electron chi connectivity index (χ4n) is 5.95. The standard InChI is InChI=1S/C52H58N4O28S8/c1-7-36(8-2)28-89(65,66)81-53-44(48(61)73-3)85-24-40(57)77-32-52(33-78-41(58)25-86-45(49(62)74-4)54-82-90(67,68)29-37-18-12-9-13-19-37,34-79-42(59)26-87-46(50(63)75-5)55-83-91(69,70)30-38-20-14-10-15-21-38)35-80-43(60)27-88-47(51(64)76-6)56-84-92(71,72)31-39-22-16-11-17-23-39/h7,9-23,28H,1,8,24-27,29-35H2,2-6H3/b36-28-,53-44?,54-45?,55-46?,56-47?. The maximum absolute atomic E-state index is 13.6. The first-order valence-corrected chi connectivity index (χ1v) is 35.6. The average molecular weight is 1440 g/mol. The zero-order valence-electron chi connectivity index (χ0n) is 49.0. The van der Waals surface area contributed by atoms with Gasteiger partial charge in [0, 0.05) is 0 Å². The van der Waals surface area contributed by atoms with Crippen molar-refractivity contribution in [2.45, 2.75) is 30.6 Å². The molecular weight excluding hydrogens is 1390 g/mol. The molecule has 0 spiro atoms. The summed E-state index contributed by atoms with van der Waals surface area (Å²) in [4.78, 5) is 105. The second kappa shape index (κ2) is 39.4. The Kier molecular flexibility index (Phi) is 33.5. The molecule has 0 aliphatic carbocycles. The minimum absolute atomic E-state index is 0.185. The van der Waals surface area contributed by atoms with Crippen LogP contribution in [0.5, 0.6) is 0 Å². The molecule has 0 fully saturated rings. The predicted molar refractivity (Wildman–Crippen MR) is 333 cm³/mol. The number of oxime groups is 4. The first-order chi connectivity index (χ1) is 43.5. The Balaban J connectivity index is 2.06. The van der Waals surface area contributed by atoms with Crippen LogP contribution in [-0.4, -0.2) is 179 Å². The van der Waals surface area contributed by atoms with Gasteiger partial charge in [-0.25, -0.2) is 19.2 Å². The molecule has 502 valence electrons. The highest BCUT2D eigenvalue weighted by molar-refractivity contribution is 8.17. The summed E-state index contributed by atoms with van der Waals surface area (Å²) < 4.78 is 161. The maximum atomic E-state index is 13.6. The third kappa shape index (κ3) is 30.9. The number of allylic oxidation sites excluding steroid dienone is 2. The van der Waals surface area contributed by atoms with Crippen molar-refractivity contribution in [3.8, 4) is 0 Å². The van der Waals surface area contributed by atoms with E-state index in [-0.39, 0.29) is 75.7 Å². The zero-order valence-corrected chi connectivity index (χ0v) is 55.5. The van der Waals surface area contributed by atoms with E-state index in [9.17, 15) is 72.0 Å². The van der Waals surface area contributed by atoms with Gasteiger partial charge in [-0.1, -0.05) is 178 Å². The van der Waals surface area contributed by atoms with Crippen LogP contribution in [0.1, 0.15) is 30.0 Å². The fraction of sp³-hybridized carbons (Fsp3) is 0.346. The SMILES string of the molecule is C=C/C(=C/S(=O)(=O)ON=C(SCC(=O)OCC(COC(=O)CSC(=NOS(=O)(=O)Cc1ccccc1)C(=O)OC)(COC(=O)CSC(=NOS(=O)(=O)Cc1ccccc1)C(=O)OC)COC(=O)CSC(=NOS(=O)(=O)Cc1ccccc1)C(=O)OC)C(=O)OC)CC. The van der Waals surface area contributed by atoms with Crippen molar-refractivity contribution in [1.82, 2.24) is 0 Å². The molecule has 3 aromatic rings. The number of benzene rings is 3. The van der Waals surface area contributed by atoms with Crippen molar-refractivity contribution < 1.29 is 127 Å². The van der Waals surface area contributed by atoms with Crippen LogP contribution in [0.3, 0.4) is 0 Å². The van der Waals surface area contributed by atoms with Crippen LogP contribution in [0.15, 0.2) is 135 Å². The molecule has 0 radical (unpaired) electrons. The Bertz CT molecular complexity index is 3400. The molecule has 0 heterocycles. The molecule has 0 bridgehead atoms. The van der Waals surface area contributed by atoms with Crippen LogP contribution in [0, 0.1) is 5.41 Å². The topological polar surface area (TPSA) is 433 Å². The van der Waals surface area contributed by atoms with E-state index in [0.29, 0.717) is 5.41 Å². The summed E-state index contributed by atoms with van der Waals surface area (Å²) in [5.74, 6) is -16.2. The number of hydrogen-bond acceptors (Lipinski definition) is 36. The lowest BCUT2D eigenvalue weighted by molar-refractivity contribution is -0.167. The third-order valence-electron chi connectivity index (χ3n) is 10.4. The predicted octanol–water partition coefficient (Wildman–Crippen LogP) is 3.49. The molecule has 0 unspecified atom stereocenters. The van der Waals surface area contributed by atoms with E-state index in [1.165, 1.54) is 42.5 Å². The molecule has 0 amide bonds. The number of carbonyl (C=O) groups excluding carboxylic acids is 8. The lowest BCUT2D eigenvalue weighted by Crippen LogP contribution is -2.44. The molecule has 0 aliphatic heterocycles. The van der Waals surface area contributed by atoms with Gasteiger partial charge >= 0.3 is 88.2 Å². The molecule has 3 rings (SSSR count). The van der Waals surface area contributed by atoms with Gasteiger partial charge in [0.1, 0.15) is 49.1 Å². The number of methoxy groups -OCH3 is 4. The normalized spacial score (nSPS) is 13.2. The Morgan fingerprint density at radius 3 is 0.902 bits per heavy atom. The van der Waals surface area contributed by atoms with Gasteiger partial charge in [-0.3, -0.25) is 36.3 Å². The number of nitrogens with zero attached hydrogens (tertiary/aromatic N) is 4. The summed E-state index contributed by atoms with van der Waals surface area (Å²) >= 11 is 0.887. The molecule has 0 aromatic heterocycles. The Hall–Kier alpha value is -8.02. The van der Waals surface area contributed by atoms with Gasteiger partial charge < -0.3 is 37.9 Å². The smallest absolute Gasteiger partial charge is 0.366 e. The molecule has 0 saturated heterocycles. The molecule has 3 aromatic carbocycles. The third-order valence-corrected chi connectivity index (χ3v) is 17.8. The quantitative estimate of drug-likeness (QED) is 0.0210. The lowest BCUT2D eigenvalue weighted by Gasteiger charge is -2.31. The van der Waals surface area contributed by atoms with Crippen molar-refractivity contribution in [2.24, 2.45) is 26.0 Å². The van der Waals surface area contributed by atoms with Crippen LogP contribution in [0.2, 0.25) is 0 Å². The molecule has 0 N–H and O–H groups in total. The van der Waals surface area contributed by atoms with Gasteiger partial charge in [-0.05, 0) is 28.7 Å². The number of thioether (sulfide) groups is 4. The van der Waals surface area contributed by atoms with Gasteiger partial charge in [0.25, 0.3) is 0 Å². The highest BCUT2D eigenvalue weighted by Crippen LogP contribution is 2.25. The van der Waals surface area contributed by atoms with Crippen LogP contribution in [-0.2, 0) is 151 Å². The minimum atomic E-state index is -4.62. The summed E-state index contributed by atoms with van der Waals surface area (Å²) in [5, 5.41) is 10.6. The highest BCUT2D eigenvalue weighted by atomic mass is 32.2. The second-order valence-corrected chi connectivity index (χ2v) is 27.3. The van der Waals surface area contributed by atoms with Crippen molar-refractivity contribution >= 4 is 155 Å². The molecule has 32 nitrogen and oxygen atoms in total. The van der Waals surface area contributed by atoms with Crippen molar-refractivity contribution in [2.75, 3.05) is 77.9 Å². The number of carbonyl (C=O) groups is 8. The monoisotopic (exact) mass is 1440 g/mol. The summed E-state index contributed by atoms with van der Waals surface area (Å²) in [6.45, 7) is 0.593. The van der Waals surface area contributed by atoms with Crippen LogP contribution in [0.4, 0.5) is 0 Å². The van der Waals surface area contributed by atoms with Crippen LogP contribution < -0.4 is 0 Å². The zero-order chi connectivity index (χ0) is 68.4. The van der Waals surface area contributed by atoms with Crippen molar-refractivity contribution in [1.29, 1.82) is 0 Å². The number of esters is 8. The summed E-state index contributed by atoms with van der Waals surface area (Å²) in [6, 6.07) is 22.9. The first kappa shape index (κ1) is 78.2. The first-order valence-electron chi connectivity index (χ1n) is 25.4. The van der Waals surface area contributed by atoms with E-state index in [1.807, 2.05) is 0 Å². The van der Waals surface area contributed by atoms with Gasteiger partial charge in [0.15, 0.2) is 0 Å². The maximum Gasteiger partial charge on any atom is 0.366 e. The fourth-order valence-corrected chi connectivity index (χ4v) is 12.0. The average Bonchev–Trinajstić information content (AvgIpc) is 1.09. The second-order valence-electron chi connectivity index (χ2n) is 17.5. The van der Waals surface area contributed by atoms with Gasteiger partial charge in [-0.15, -0.1) is 0 Å². The molecule has 0 aliphatic rings. The van der Waals surface area contributed by atoms with Crippen LogP contribution >= 0.6 is 47.0 Å². The molecule has 0 atom stereocenters. The molecular formula is C52H58N4O28S8. The lowest BCUT2D eigenvalue weighted by atomic mass is 9.92. The van der Waals surface area contributed by atoms with Crippen molar-refractivity contribution in [3.05, 3.63) is 131 Å². The number of rotatable bonds is 33. The molecule has 40 heteroatoms. The Labute approximate surface area is 544 Å². The number of hydrogen-bond donors (Lipinski definition) is 0. The summed E-state index contributed by atoms with van der Waals surface area (Å²) in [5.41, 5.74) is -1.30. The number of ether oxygens (including phenoxy) is 8. The molecule has 0 saturated carbocycles. The van der Waals surface area contributed by atoms with Gasteiger partial charge in [0.05, 0.1) is 56.9 Å². The Morgan fingerprint density at radius 1 is 0.424 bits per heavy atom.